The molecule has 0 radical (unpaired) electrons. The van der Waals surface area contributed by atoms with E-state index in [1.807, 2.05) is 23.1 Å². The van der Waals surface area contributed by atoms with Crippen molar-refractivity contribution in [3.8, 4) is 0 Å². The quantitative estimate of drug-likeness (QED) is 0.883. The second-order valence-corrected chi connectivity index (χ2v) is 6.34. The average Bonchev–Trinajstić information content (AvgIpc) is 3.04. The van der Waals surface area contributed by atoms with Gasteiger partial charge in [-0.1, -0.05) is 18.2 Å². The zero-order chi connectivity index (χ0) is 15.4. The molecule has 2 aliphatic rings. The molecule has 2 fully saturated rings. The predicted octanol–water partition coefficient (Wildman–Crippen LogP) is 1.45. The number of carbonyl (C=O) groups excluding carboxylic acids is 1. The van der Waals surface area contributed by atoms with Gasteiger partial charge in [-0.3, -0.25) is 4.79 Å². The van der Waals surface area contributed by atoms with Crippen molar-refractivity contribution in [1.82, 2.24) is 4.90 Å². The van der Waals surface area contributed by atoms with E-state index in [-0.39, 0.29) is 5.91 Å². The Morgan fingerprint density at radius 1 is 1.32 bits per heavy atom. The van der Waals surface area contributed by atoms with Crippen molar-refractivity contribution < 1.29 is 9.53 Å². The summed E-state index contributed by atoms with van der Waals surface area (Å²) < 4.78 is 5.40. The number of anilines is 1. The predicted molar refractivity (Wildman–Crippen MR) is 86.6 cm³/mol. The Balaban J connectivity index is 1.60. The number of hydrogen-bond donors (Lipinski definition) is 2. The molecule has 120 valence electrons. The third-order valence-electron chi connectivity index (χ3n) is 4.91. The number of nitrogens with one attached hydrogen (secondary N) is 1. The fraction of sp³-hybridized carbons (Fsp3) is 0.588. The number of hydrogen-bond acceptors (Lipinski definition) is 4. The molecule has 1 amide bonds. The Bertz CT molecular complexity index is 500. The molecule has 3 N–H and O–H groups in total. The van der Waals surface area contributed by atoms with Crippen LogP contribution in [-0.2, 0) is 9.53 Å². The fourth-order valence-electron chi connectivity index (χ4n) is 3.44. The van der Waals surface area contributed by atoms with Crippen LogP contribution in [0, 0.1) is 5.41 Å². The van der Waals surface area contributed by atoms with Crippen molar-refractivity contribution in [2.75, 3.05) is 38.2 Å². The molecule has 5 heteroatoms. The second-order valence-electron chi connectivity index (χ2n) is 6.34. The van der Waals surface area contributed by atoms with Gasteiger partial charge in [0.1, 0.15) is 0 Å². The molecule has 0 spiro atoms. The summed E-state index contributed by atoms with van der Waals surface area (Å²) >= 11 is 0. The maximum Gasteiger partial charge on any atom is 0.230 e. The highest BCUT2D eigenvalue weighted by molar-refractivity contribution is 5.83. The maximum absolute atomic E-state index is 12.9. The van der Waals surface area contributed by atoms with Gasteiger partial charge in [0.2, 0.25) is 5.91 Å². The van der Waals surface area contributed by atoms with Crippen LogP contribution >= 0.6 is 0 Å². The molecular weight excluding hydrogens is 278 g/mol. The van der Waals surface area contributed by atoms with Crippen LogP contribution in [0.15, 0.2) is 30.3 Å². The van der Waals surface area contributed by atoms with Crippen molar-refractivity contribution in [3.63, 3.8) is 0 Å². The molecule has 2 aliphatic heterocycles. The molecule has 0 saturated carbocycles. The first-order valence-electron chi connectivity index (χ1n) is 8.12. The summed E-state index contributed by atoms with van der Waals surface area (Å²) in [7, 11) is 0. The Kier molecular flexibility index (Phi) is 4.64. The summed E-state index contributed by atoms with van der Waals surface area (Å²) in [6, 6.07) is 10.5. The molecule has 1 unspecified atom stereocenters. The summed E-state index contributed by atoms with van der Waals surface area (Å²) in [6.45, 7) is 3.27. The highest BCUT2D eigenvalue weighted by Crippen LogP contribution is 2.33. The van der Waals surface area contributed by atoms with Crippen LogP contribution in [0.3, 0.4) is 0 Å². The average molecular weight is 303 g/mol. The minimum Gasteiger partial charge on any atom is -0.381 e. The van der Waals surface area contributed by atoms with Crippen molar-refractivity contribution in [2.45, 2.75) is 25.3 Å². The molecule has 0 bridgehead atoms. The van der Waals surface area contributed by atoms with E-state index < -0.39 is 5.41 Å². The summed E-state index contributed by atoms with van der Waals surface area (Å²) in [5, 5.41) is 3.51. The third kappa shape index (κ3) is 3.10. The van der Waals surface area contributed by atoms with Crippen LogP contribution in [0.25, 0.3) is 0 Å². The molecule has 1 aromatic carbocycles. The van der Waals surface area contributed by atoms with Crippen LogP contribution in [0.1, 0.15) is 19.3 Å². The molecule has 5 nitrogen and oxygen atoms in total. The van der Waals surface area contributed by atoms with Gasteiger partial charge in [-0.25, -0.2) is 0 Å². The van der Waals surface area contributed by atoms with E-state index in [1.165, 1.54) is 0 Å². The van der Waals surface area contributed by atoms with Gasteiger partial charge in [0.25, 0.3) is 0 Å². The highest BCUT2D eigenvalue weighted by Gasteiger charge is 2.43. The fourth-order valence-corrected chi connectivity index (χ4v) is 3.44. The van der Waals surface area contributed by atoms with Gasteiger partial charge < -0.3 is 20.7 Å². The number of likely N-dealkylation sites (tertiary alicyclic amines) is 1. The number of benzene rings is 1. The Labute approximate surface area is 131 Å². The normalized spacial score (nSPS) is 24.2. The second kappa shape index (κ2) is 6.67. The molecule has 0 aliphatic carbocycles. The highest BCUT2D eigenvalue weighted by atomic mass is 16.5. The van der Waals surface area contributed by atoms with Crippen LogP contribution in [-0.4, -0.2) is 49.7 Å². The van der Waals surface area contributed by atoms with E-state index in [2.05, 4.69) is 17.4 Å². The SMILES string of the molecule is NCC1(C(=O)N2CCC(Nc3ccccc3)C2)CCOCC1. The number of para-hydroxylation sites is 1. The number of nitrogens with two attached hydrogens (primary N) is 1. The molecule has 2 saturated heterocycles. The van der Waals surface area contributed by atoms with Gasteiger partial charge in [-0.2, -0.15) is 0 Å². The first-order chi connectivity index (χ1) is 10.7. The lowest BCUT2D eigenvalue weighted by Crippen LogP contribution is -2.50. The van der Waals surface area contributed by atoms with Gasteiger partial charge in [-0.15, -0.1) is 0 Å². The number of carbonyl (C=O) groups is 1. The van der Waals surface area contributed by atoms with E-state index in [4.69, 9.17) is 10.5 Å². The standard InChI is InChI=1S/C17H25N3O2/c18-13-17(7-10-22-11-8-17)16(21)20-9-6-15(12-20)19-14-4-2-1-3-5-14/h1-5,15,19H,6-13,18H2. The van der Waals surface area contributed by atoms with E-state index in [0.717, 1.165) is 38.0 Å². The van der Waals surface area contributed by atoms with Crippen LogP contribution in [0.2, 0.25) is 0 Å². The van der Waals surface area contributed by atoms with Crippen molar-refractivity contribution in [3.05, 3.63) is 30.3 Å². The molecule has 1 atom stereocenters. The molecule has 0 aromatic heterocycles. The van der Waals surface area contributed by atoms with Crippen LogP contribution in [0.4, 0.5) is 5.69 Å². The van der Waals surface area contributed by atoms with Crippen molar-refractivity contribution in [1.29, 1.82) is 0 Å². The monoisotopic (exact) mass is 303 g/mol. The minimum absolute atomic E-state index is 0.218. The molecule has 3 rings (SSSR count). The summed E-state index contributed by atoms with van der Waals surface area (Å²) in [6.07, 6.45) is 2.48. The van der Waals surface area contributed by atoms with Gasteiger partial charge in [0, 0.05) is 44.6 Å². The molecule has 1 aromatic rings. The number of ether oxygens (including phenoxy) is 1. The lowest BCUT2D eigenvalue weighted by atomic mass is 9.79. The molecular formula is C17H25N3O2. The minimum atomic E-state index is -0.403. The van der Waals surface area contributed by atoms with Crippen molar-refractivity contribution >= 4 is 11.6 Å². The first kappa shape index (κ1) is 15.3. The summed E-state index contributed by atoms with van der Waals surface area (Å²) in [5.74, 6) is 0.218. The van der Waals surface area contributed by atoms with E-state index in [1.54, 1.807) is 0 Å². The summed E-state index contributed by atoms with van der Waals surface area (Å²) in [4.78, 5) is 14.9. The largest absolute Gasteiger partial charge is 0.381 e. The van der Waals surface area contributed by atoms with E-state index in [9.17, 15) is 4.79 Å². The lowest BCUT2D eigenvalue weighted by molar-refractivity contribution is -0.146. The van der Waals surface area contributed by atoms with Gasteiger partial charge in [0.15, 0.2) is 0 Å². The number of nitrogens with zero attached hydrogens (tertiary/aromatic N) is 1. The molecule has 22 heavy (non-hydrogen) atoms. The Morgan fingerprint density at radius 2 is 2.05 bits per heavy atom. The van der Waals surface area contributed by atoms with Gasteiger partial charge in [-0.05, 0) is 31.4 Å². The lowest BCUT2D eigenvalue weighted by Gasteiger charge is -2.37. The molecule has 2 heterocycles. The Morgan fingerprint density at radius 3 is 2.73 bits per heavy atom. The topological polar surface area (TPSA) is 67.6 Å². The van der Waals surface area contributed by atoms with Gasteiger partial charge >= 0.3 is 0 Å². The first-order valence-corrected chi connectivity index (χ1v) is 8.12. The third-order valence-corrected chi connectivity index (χ3v) is 4.91. The number of rotatable bonds is 4. The zero-order valence-electron chi connectivity index (χ0n) is 13.0. The van der Waals surface area contributed by atoms with E-state index >= 15 is 0 Å². The zero-order valence-corrected chi connectivity index (χ0v) is 13.0. The smallest absolute Gasteiger partial charge is 0.230 e. The summed E-state index contributed by atoms with van der Waals surface area (Å²) in [5.41, 5.74) is 6.66. The van der Waals surface area contributed by atoms with Crippen LogP contribution < -0.4 is 11.1 Å². The Hall–Kier alpha value is -1.59. The van der Waals surface area contributed by atoms with E-state index in [0.29, 0.717) is 25.8 Å². The number of amides is 1. The van der Waals surface area contributed by atoms with Gasteiger partial charge in [0.05, 0.1) is 5.41 Å². The van der Waals surface area contributed by atoms with Crippen molar-refractivity contribution in [2.24, 2.45) is 11.1 Å². The maximum atomic E-state index is 12.9. The van der Waals surface area contributed by atoms with Crippen LogP contribution in [0.5, 0.6) is 0 Å².